The van der Waals surface area contributed by atoms with Crippen molar-refractivity contribution in [1.82, 2.24) is 15.1 Å². The van der Waals surface area contributed by atoms with Crippen LogP contribution in [0.4, 0.5) is 5.69 Å². The van der Waals surface area contributed by atoms with Gasteiger partial charge in [0.05, 0.1) is 17.8 Å². The lowest BCUT2D eigenvalue weighted by Crippen LogP contribution is -2.31. The van der Waals surface area contributed by atoms with Gasteiger partial charge in [-0.3, -0.25) is 9.48 Å². The summed E-state index contributed by atoms with van der Waals surface area (Å²) in [6.07, 6.45) is 4.36. The highest BCUT2D eigenvalue weighted by atomic mass is 16.2. The van der Waals surface area contributed by atoms with E-state index in [1.54, 1.807) is 17.1 Å². The third-order valence-corrected chi connectivity index (χ3v) is 2.83. The number of amides is 1. The molecule has 0 saturated carbocycles. The van der Waals surface area contributed by atoms with Gasteiger partial charge in [0.1, 0.15) is 0 Å². The molecule has 1 fully saturated rings. The van der Waals surface area contributed by atoms with E-state index in [0.717, 1.165) is 18.7 Å². The molecule has 1 aliphatic heterocycles. The molecule has 2 rings (SSSR count). The molecule has 1 aliphatic rings. The summed E-state index contributed by atoms with van der Waals surface area (Å²) < 4.78 is 1.67. The zero-order valence-corrected chi connectivity index (χ0v) is 9.03. The molecule has 5 nitrogen and oxygen atoms in total. The van der Waals surface area contributed by atoms with Gasteiger partial charge in [-0.15, -0.1) is 0 Å². The maximum absolute atomic E-state index is 11.8. The van der Waals surface area contributed by atoms with Crippen LogP contribution < -0.4 is 10.6 Å². The average Bonchev–Trinajstić information content (AvgIpc) is 2.75. The van der Waals surface area contributed by atoms with Crippen molar-refractivity contribution in [2.75, 3.05) is 11.9 Å². The van der Waals surface area contributed by atoms with E-state index < -0.39 is 0 Å². The van der Waals surface area contributed by atoms with Crippen LogP contribution in [0.5, 0.6) is 0 Å². The minimum atomic E-state index is 0.0743. The molecule has 2 N–H and O–H groups in total. The average molecular weight is 208 g/mol. The minimum absolute atomic E-state index is 0.0743. The Morgan fingerprint density at radius 2 is 2.53 bits per heavy atom. The number of rotatable bonds is 2. The summed E-state index contributed by atoms with van der Waals surface area (Å²) in [5.41, 5.74) is 0.765. The van der Waals surface area contributed by atoms with Gasteiger partial charge in [-0.05, 0) is 19.9 Å². The van der Waals surface area contributed by atoms with Gasteiger partial charge in [-0.1, -0.05) is 0 Å². The highest BCUT2D eigenvalue weighted by Crippen LogP contribution is 2.17. The second-order valence-electron chi connectivity index (χ2n) is 4.03. The van der Waals surface area contributed by atoms with Crippen molar-refractivity contribution in [2.45, 2.75) is 19.4 Å². The predicted molar refractivity (Wildman–Crippen MR) is 57.4 cm³/mol. The van der Waals surface area contributed by atoms with E-state index in [4.69, 9.17) is 0 Å². The first-order valence-corrected chi connectivity index (χ1v) is 5.19. The van der Waals surface area contributed by atoms with Gasteiger partial charge in [-0.25, -0.2) is 0 Å². The molecule has 2 heterocycles. The fourth-order valence-corrected chi connectivity index (χ4v) is 1.94. The molecule has 15 heavy (non-hydrogen) atoms. The Labute approximate surface area is 88.8 Å². The molecule has 1 amide bonds. The Bertz CT molecular complexity index is 360. The van der Waals surface area contributed by atoms with Crippen LogP contribution in [0.3, 0.4) is 0 Å². The van der Waals surface area contributed by atoms with Gasteiger partial charge >= 0.3 is 0 Å². The largest absolute Gasteiger partial charge is 0.323 e. The number of aryl methyl sites for hydroxylation is 1. The van der Waals surface area contributed by atoms with Crippen molar-refractivity contribution in [2.24, 2.45) is 13.0 Å². The first kappa shape index (κ1) is 10.2. The molecule has 2 unspecified atom stereocenters. The number of carbonyl (C=O) groups is 1. The number of nitrogens with zero attached hydrogens (tertiary/aromatic N) is 2. The van der Waals surface area contributed by atoms with Gasteiger partial charge in [0, 0.05) is 19.3 Å². The second-order valence-corrected chi connectivity index (χ2v) is 4.03. The van der Waals surface area contributed by atoms with Gasteiger partial charge in [0.25, 0.3) is 0 Å². The zero-order chi connectivity index (χ0) is 10.8. The van der Waals surface area contributed by atoms with E-state index >= 15 is 0 Å². The van der Waals surface area contributed by atoms with Crippen LogP contribution in [0, 0.1) is 5.92 Å². The van der Waals surface area contributed by atoms with Gasteiger partial charge < -0.3 is 10.6 Å². The zero-order valence-electron chi connectivity index (χ0n) is 9.03. The maximum Gasteiger partial charge on any atom is 0.229 e. The molecule has 5 heteroatoms. The smallest absolute Gasteiger partial charge is 0.229 e. The minimum Gasteiger partial charge on any atom is -0.323 e. The summed E-state index contributed by atoms with van der Waals surface area (Å²) >= 11 is 0. The van der Waals surface area contributed by atoms with Crippen molar-refractivity contribution in [3.63, 3.8) is 0 Å². The summed E-state index contributed by atoms with van der Waals surface area (Å²) in [5, 5.41) is 10.1. The van der Waals surface area contributed by atoms with Gasteiger partial charge in [0.2, 0.25) is 5.91 Å². The molecule has 1 aromatic heterocycles. The molecule has 0 radical (unpaired) electrons. The number of nitrogens with one attached hydrogen (secondary N) is 2. The number of anilines is 1. The normalized spacial score (nSPS) is 25.5. The van der Waals surface area contributed by atoms with Crippen LogP contribution in [-0.2, 0) is 11.8 Å². The van der Waals surface area contributed by atoms with Crippen molar-refractivity contribution >= 4 is 11.6 Å². The summed E-state index contributed by atoms with van der Waals surface area (Å²) in [7, 11) is 1.83. The Morgan fingerprint density at radius 3 is 3.07 bits per heavy atom. The first-order chi connectivity index (χ1) is 7.16. The molecule has 0 aliphatic carbocycles. The van der Waals surface area contributed by atoms with Crippen LogP contribution in [0.25, 0.3) is 0 Å². The van der Waals surface area contributed by atoms with E-state index in [9.17, 15) is 4.79 Å². The molecular formula is C10H16N4O. The van der Waals surface area contributed by atoms with Crippen LogP contribution in [0.1, 0.15) is 13.3 Å². The number of hydrogen-bond acceptors (Lipinski definition) is 3. The first-order valence-electron chi connectivity index (χ1n) is 5.19. The molecule has 0 bridgehead atoms. The van der Waals surface area contributed by atoms with Crippen molar-refractivity contribution in [3.8, 4) is 0 Å². The highest BCUT2D eigenvalue weighted by molar-refractivity contribution is 5.92. The van der Waals surface area contributed by atoms with E-state index in [0.29, 0.717) is 0 Å². The maximum atomic E-state index is 11.8. The Hall–Kier alpha value is -1.36. The quantitative estimate of drug-likeness (QED) is 0.737. The van der Waals surface area contributed by atoms with E-state index in [2.05, 4.69) is 15.7 Å². The fraction of sp³-hybridized carbons (Fsp3) is 0.600. The summed E-state index contributed by atoms with van der Waals surface area (Å²) in [5.74, 6) is 0.158. The fourth-order valence-electron chi connectivity index (χ4n) is 1.94. The van der Waals surface area contributed by atoms with Crippen LogP contribution in [-0.4, -0.2) is 28.3 Å². The van der Waals surface area contributed by atoms with Crippen LogP contribution in [0.15, 0.2) is 12.4 Å². The lowest BCUT2D eigenvalue weighted by Gasteiger charge is -2.13. The van der Waals surface area contributed by atoms with E-state index in [-0.39, 0.29) is 17.9 Å². The Balaban J connectivity index is 1.97. The number of aromatic nitrogens is 2. The Morgan fingerprint density at radius 1 is 1.73 bits per heavy atom. The lowest BCUT2D eigenvalue weighted by molar-refractivity contribution is -0.119. The molecule has 82 valence electrons. The van der Waals surface area contributed by atoms with Crippen molar-refractivity contribution in [3.05, 3.63) is 12.4 Å². The summed E-state index contributed by atoms with van der Waals surface area (Å²) in [6, 6.07) is 0.265. The third kappa shape index (κ3) is 2.18. The van der Waals surface area contributed by atoms with Crippen molar-refractivity contribution in [1.29, 1.82) is 0 Å². The van der Waals surface area contributed by atoms with E-state index in [1.807, 2.05) is 14.0 Å². The van der Waals surface area contributed by atoms with Crippen molar-refractivity contribution < 1.29 is 4.79 Å². The standard InChI is InChI=1S/C10H16N4O/c1-7-9(3-4-11-7)10(15)13-8-5-12-14(2)6-8/h5-7,9,11H,3-4H2,1-2H3,(H,13,15). The second kappa shape index (κ2) is 4.02. The number of hydrogen-bond donors (Lipinski definition) is 2. The SMILES string of the molecule is CC1NCCC1C(=O)Nc1cnn(C)c1. The third-order valence-electron chi connectivity index (χ3n) is 2.83. The van der Waals surface area contributed by atoms with Crippen LogP contribution in [0.2, 0.25) is 0 Å². The number of carbonyl (C=O) groups excluding carboxylic acids is 1. The molecule has 1 saturated heterocycles. The predicted octanol–water partition coefficient (Wildman–Crippen LogP) is 0.357. The molecule has 2 atom stereocenters. The van der Waals surface area contributed by atoms with E-state index in [1.165, 1.54) is 0 Å². The lowest BCUT2D eigenvalue weighted by atomic mass is 10.0. The van der Waals surface area contributed by atoms with Gasteiger partial charge in [0.15, 0.2) is 0 Å². The molecule has 0 aromatic carbocycles. The molecule has 0 spiro atoms. The summed E-state index contributed by atoms with van der Waals surface area (Å²) in [6.45, 7) is 2.97. The topological polar surface area (TPSA) is 59.0 Å². The summed E-state index contributed by atoms with van der Waals surface area (Å²) in [4.78, 5) is 11.8. The highest BCUT2D eigenvalue weighted by Gasteiger charge is 2.29. The molecule has 1 aromatic rings. The van der Waals surface area contributed by atoms with Gasteiger partial charge in [-0.2, -0.15) is 5.10 Å². The molecular weight excluding hydrogens is 192 g/mol. The monoisotopic (exact) mass is 208 g/mol. The Kier molecular flexibility index (Phi) is 2.73. The van der Waals surface area contributed by atoms with Crippen LogP contribution >= 0.6 is 0 Å².